The molecule has 4 aromatic rings. The second-order valence-corrected chi connectivity index (χ2v) is 8.90. The smallest absolute Gasteiger partial charge is 0.258 e. The van der Waals surface area contributed by atoms with E-state index in [2.05, 4.69) is 38.6 Å². The number of hydrogen-bond donors (Lipinski definition) is 1. The number of aromatic nitrogens is 5. The summed E-state index contributed by atoms with van der Waals surface area (Å²) in [7, 11) is 0. The second-order valence-electron chi connectivity index (χ2n) is 7.52. The minimum atomic E-state index is -0.122. The number of hydrogen-bond acceptors (Lipinski definition) is 5. The number of H-pyrrole nitrogens is 1. The van der Waals surface area contributed by atoms with Gasteiger partial charge in [0.1, 0.15) is 11.6 Å². The molecule has 0 aliphatic rings. The van der Waals surface area contributed by atoms with E-state index in [1.807, 2.05) is 42.5 Å². The molecule has 8 heteroatoms. The van der Waals surface area contributed by atoms with Gasteiger partial charge in [-0.3, -0.25) is 4.79 Å². The van der Waals surface area contributed by atoms with E-state index in [0.717, 1.165) is 28.1 Å². The quantitative estimate of drug-likeness (QED) is 0.422. The van der Waals surface area contributed by atoms with E-state index in [1.165, 1.54) is 11.8 Å². The van der Waals surface area contributed by atoms with E-state index in [9.17, 15) is 4.79 Å². The van der Waals surface area contributed by atoms with Crippen molar-refractivity contribution in [3.05, 3.63) is 81.1 Å². The van der Waals surface area contributed by atoms with Crippen LogP contribution in [-0.4, -0.2) is 24.7 Å². The van der Waals surface area contributed by atoms with Gasteiger partial charge in [-0.1, -0.05) is 61.5 Å². The van der Waals surface area contributed by atoms with Crippen LogP contribution in [0.25, 0.3) is 10.9 Å². The highest BCUT2D eigenvalue weighted by Crippen LogP contribution is 2.23. The summed E-state index contributed by atoms with van der Waals surface area (Å²) in [4.78, 5) is 19.8. The fraction of sp³-hybridized carbons (Fsp3) is 0.273. The van der Waals surface area contributed by atoms with Gasteiger partial charge in [0.15, 0.2) is 5.16 Å². The Morgan fingerprint density at radius 2 is 1.87 bits per heavy atom. The minimum absolute atomic E-state index is 0.122. The average Bonchev–Trinajstić information content (AvgIpc) is 3.09. The molecule has 2 aromatic heterocycles. The monoisotopic (exact) mass is 439 g/mol. The average molecular weight is 440 g/mol. The van der Waals surface area contributed by atoms with Crippen molar-refractivity contribution in [3.8, 4) is 0 Å². The molecule has 0 bridgehead atoms. The summed E-state index contributed by atoms with van der Waals surface area (Å²) < 4.78 is 2.16. The predicted octanol–water partition coefficient (Wildman–Crippen LogP) is 4.71. The molecular weight excluding hydrogens is 418 g/mol. The third kappa shape index (κ3) is 4.74. The van der Waals surface area contributed by atoms with Crippen LogP contribution in [-0.2, 0) is 18.7 Å². The van der Waals surface area contributed by atoms with Gasteiger partial charge in [-0.15, -0.1) is 10.2 Å². The Bertz CT molecular complexity index is 1220. The van der Waals surface area contributed by atoms with Gasteiger partial charge in [-0.05, 0) is 35.7 Å². The van der Waals surface area contributed by atoms with E-state index in [4.69, 9.17) is 11.6 Å². The van der Waals surface area contributed by atoms with Crippen LogP contribution in [0.2, 0.25) is 5.02 Å². The molecule has 0 amide bonds. The van der Waals surface area contributed by atoms with Crippen LogP contribution in [0.3, 0.4) is 0 Å². The molecule has 6 nitrogen and oxygen atoms in total. The van der Waals surface area contributed by atoms with Crippen molar-refractivity contribution in [2.75, 3.05) is 0 Å². The molecule has 2 heterocycles. The highest BCUT2D eigenvalue weighted by Gasteiger charge is 2.15. The molecule has 4 rings (SSSR count). The van der Waals surface area contributed by atoms with Crippen molar-refractivity contribution < 1.29 is 0 Å². The molecule has 0 aliphatic heterocycles. The second kappa shape index (κ2) is 9.02. The highest BCUT2D eigenvalue weighted by molar-refractivity contribution is 7.98. The first-order chi connectivity index (χ1) is 14.5. The van der Waals surface area contributed by atoms with Crippen LogP contribution in [0.4, 0.5) is 0 Å². The Morgan fingerprint density at radius 3 is 2.63 bits per heavy atom. The number of thioether (sulfide) groups is 1. The molecule has 1 N–H and O–H groups in total. The van der Waals surface area contributed by atoms with Crippen molar-refractivity contribution in [2.45, 2.75) is 37.7 Å². The van der Waals surface area contributed by atoms with Crippen molar-refractivity contribution >= 4 is 34.3 Å². The summed E-state index contributed by atoms with van der Waals surface area (Å²) >= 11 is 7.53. The van der Waals surface area contributed by atoms with Crippen LogP contribution in [0.1, 0.15) is 31.1 Å². The molecule has 2 aromatic carbocycles. The molecule has 0 atom stereocenters. The van der Waals surface area contributed by atoms with Gasteiger partial charge < -0.3 is 9.55 Å². The van der Waals surface area contributed by atoms with Gasteiger partial charge in [0.25, 0.3) is 5.56 Å². The number of fused-ring (bicyclic) bond motifs is 1. The maximum absolute atomic E-state index is 12.3. The largest absolute Gasteiger partial charge is 0.309 e. The molecule has 154 valence electrons. The fourth-order valence-corrected chi connectivity index (χ4v) is 4.19. The Morgan fingerprint density at radius 1 is 1.10 bits per heavy atom. The normalized spacial score (nSPS) is 11.5. The summed E-state index contributed by atoms with van der Waals surface area (Å²) in [6.45, 7) is 5.16. The zero-order valence-electron chi connectivity index (χ0n) is 16.8. The topological polar surface area (TPSA) is 76.5 Å². The molecule has 0 radical (unpaired) electrons. The molecule has 0 saturated carbocycles. The first-order valence-corrected chi connectivity index (χ1v) is 11.1. The molecular formula is C22H22ClN5OS. The van der Waals surface area contributed by atoms with Crippen molar-refractivity contribution in [1.82, 2.24) is 24.7 Å². The maximum atomic E-state index is 12.3. The lowest BCUT2D eigenvalue weighted by Crippen LogP contribution is -2.12. The summed E-state index contributed by atoms with van der Waals surface area (Å²) in [6, 6.07) is 15.1. The lowest BCUT2D eigenvalue weighted by Gasteiger charge is -2.12. The van der Waals surface area contributed by atoms with Gasteiger partial charge >= 0.3 is 0 Å². The van der Waals surface area contributed by atoms with Crippen molar-refractivity contribution in [1.29, 1.82) is 0 Å². The number of halogens is 1. The van der Waals surface area contributed by atoms with Crippen LogP contribution < -0.4 is 5.56 Å². The fourth-order valence-electron chi connectivity index (χ4n) is 3.23. The number of benzene rings is 2. The minimum Gasteiger partial charge on any atom is -0.309 e. The maximum Gasteiger partial charge on any atom is 0.258 e. The molecule has 0 saturated heterocycles. The van der Waals surface area contributed by atoms with Gasteiger partial charge in [0.05, 0.1) is 16.7 Å². The molecule has 0 spiro atoms. The van der Waals surface area contributed by atoms with Crippen molar-refractivity contribution in [3.63, 3.8) is 0 Å². The van der Waals surface area contributed by atoms with Crippen LogP contribution in [0.15, 0.2) is 58.5 Å². The van der Waals surface area contributed by atoms with E-state index in [-0.39, 0.29) is 5.56 Å². The van der Waals surface area contributed by atoms with E-state index < -0.39 is 0 Å². The third-order valence-electron chi connectivity index (χ3n) is 4.62. The predicted molar refractivity (Wildman–Crippen MR) is 121 cm³/mol. The Kier molecular flexibility index (Phi) is 6.20. The molecule has 30 heavy (non-hydrogen) atoms. The van der Waals surface area contributed by atoms with Gasteiger partial charge in [0.2, 0.25) is 0 Å². The Labute approximate surface area is 183 Å². The van der Waals surface area contributed by atoms with Gasteiger partial charge in [-0.2, -0.15) is 0 Å². The lowest BCUT2D eigenvalue weighted by atomic mass is 10.1. The standard InChI is InChI=1S/C22H22ClN5OS/c1-14(2)12-28-20(11-15-7-9-16(23)10-8-15)26-27-22(28)30-13-19-24-18-6-4-3-5-17(18)21(29)25-19/h3-10,14H,11-13H2,1-2H3,(H,24,25,29). The van der Waals surface area contributed by atoms with E-state index in [1.54, 1.807) is 6.07 Å². The number of rotatable bonds is 7. The number of nitrogens with one attached hydrogen (secondary N) is 1. The van der Waals surface area contributed by atoms with Gasteiger partial charge in [0, 0.05) is 18.0 Å². The first kappa shape index (κ1) is 20.6. The molecule has 0 fully saturated rings. The van der Waals surface area contributed by atoms with Crippen LogP contribution >= 0.6 is 23.4 Å². The zero-order valence-corrected chi connectivity index (χ0v) is 18.4. The van der Waals surface area contributed by atoms with E-state index >= 15 is 0 Å². The highest BCUT2D eigenvalue weighted by atomic mass is 35.5. The Hall–Kier alpha value is -2.64. The first-order valence-electron chi connectivity index (χ1n) is 9.77. The molecule has 0 aliphatic carbocycles. The van der Waals surface area contributed by atoms with Crippen LogP contribution in [0.5, 0.6) is 0 Å². The third-order valence-corrected chi connectivity index (χ3v) is 5.85. The van der Waals surface area contributed by atoms with Crippen molar-refractivity contribution in [2.24, 2.45) is 5.92 Å². The van der Waals surface area contributed by atoms with Gasteiger partial charge in [-0.25, -0.2) is 4.98 Å². The zero-order chi connectivity index (χ0) is 21.1. The Balaban J connectivity index is 1.57. The molecule has 0 unspecified atom stereocenters. The summed E-state index contributed by atoms with van der Waals surface area (Å²) in [5, 5.41) is 11.0. The SMILES string of the molecule is CC(C)Cn1c(Cc2ccc(Cl)cc2)nnc1SCc1nc2ccccc2c(=O)[nH]1. The number of para-hydroxylation sites is 1. The number of aromatic amines is 1. The van der Waals surface area contributed by atoms with E-state index in [0.29, 0.717) is 34.8 Å². The summed E-state index contributed by atoms with van der Waals surface area (Å²) in [5.74, 6) is 2.50. The lowest BCUT2D eigenvalue weighted by molar-refractivity contribution is 0.482. The van der Waals surface area contributed by atoms with Crippen LogP contribution in [0, 0.1) is 5.92 Å². The summed E-state index contributed by atoms with van der Waals surface area (Å²) in [6.07, 6.45) is 0.683. The number of nitrogens with zero attached hydrogens (tertiary/aromatic N) is 4. The summed E-state index contributed by atoms with van der Waals surface area (Å²) in [5.41, 5.74) is 1.71.